The van der Waals surface area contributed by atoms with E-state index in [-0.39, 0.29) is 5.91 Å². The van der Waals surface area contributed by atoms with Gasteiger partial charge in [-0.05, 0) is 44.4 Å². The molecule has 1 aromatic carbocycles. The number of rotatable bonds is 1. The summed E-state index contributed by atoms with van der Waals surface area (Å²) in [5.74, 6) is 0.111. The van der Waals surface area contributed by atoms with Gasteiger partial charge in [-0.15, -0.1) is 0 Å². The van der Waals surface area contributed by atoms with Crippen LogP contribution in [0.4, 0.5) is 5.69 Å². The summed E-state index contributed by atoms with van der Waals surface area (Å²) in [5.41, 5.74) is 7.04. The Kier molecular flexibility index (Phi) is 3.13. The summed E-state index contributed by atoms with van der Waals surface area (Å²) >= 11 is 0. The van der Waals surface area contributed by atoms with Crippen LogP contribution in [0, 0.1) is 0 Å². The minimum atomic E-state index is 0.111. The lowest BCUT2D eigenvalue weighted by Crippen LogP contribution is -2.42. The number of carbonyl (C=O) groups is 1. The quantitative estimate of drug-likeness (QED) is 0.735. The van der Waals surface area contributed by atoms with Crippen LogP contribution in [-0.4, -0.2) is 23.4 Å². The molecule has 1 aliphatic heterocycles. The molecule has 1 fully saturated rings. The molecule has 2 rings (SSSR count). The van der Waals surface area contributed by atoms with Crippen molar-refractivity contribution in [2.45, 2.75) is 32.2 Å². The fraction of sp³-hybridized carbons (Fsp3) is 0.462. The highest BCUT2D eigenvalue weighted by Crippen LogP contribution is 2.19. The molecule has 0 radical (unpaired) electrons. The smallest absolute Gasteiger partial charge is 0.254 e. The molecule has 0 aliphatic carbocycles. The number of piperidine rings is 1. The maximum Gasteiger partial charge on any atom is 0.254 e. The monoisotopic (exact) mass is 218 g/mol. The zero-order valence-electron chi connectivity index (χ0n) is 9.65. The van der Waals surface area contributed by atoms with E-state index in [9.17, 15) is 4.79 Å². The highest BCUT2D eigenvalue weighted by atomic mass is 16.2. The average Bonchev–Trinajstić information content (AvgIpc) is 2.29. The molecular weight excluding hydrogens is 200 g/mol. The molecule has 0 spiro atoms. The first-order chi connectivity index (χ1) is 7.68. The van der Waals surface area contributed by atoms with Crippen molar-refractivity contribution in [2.75, 3.05) is 12.3 Å². The number of amides is 1. The highest BCUT2D eigenvalue weighted by molar-refractivity contribution is 5.95. The van der Waals surface area contributed by atoms with Crippen LogP contribution >= 0.6 is 0 Å². The van der Waals surface area contributed by atoms with Crippen molar-refractivity contribution >= 4 is 11.6 Å². The van der Waals surface area contributed by atoms with Crippen molar-refractivity contribution in [2.24, 2.45) is 0 Å². The Morgan fingerprint density at radius 3 is 2.94 bits per heavy atom. The van der Waals surface area contributed by atoms with Gasteiger partial charge in [0.25, 0.3) is 5.91 Å². The zero-order valence-corrected chi connectivity index (χ0v) is 9.65. The maximum atomic E-state index is 12.2. The zero-order chi connectivity index (χ0) is 11.5. The fourth-order valence-corrected chi connectivity index (χ4v) is 2.24. The summed E-state index contributed by atoms with van der Waals surface area (Å²) in [6, 6.07) is 7.57. The van der Waals surface area contributed by atoms with E-state index in [2.05, 4.69) is 6.92 Å². The molecule has 0 aromatic heterocycles. The van der Waals surface area contributed by atoms with E-state index in [0.717, 1.165) is 19.4 Å². The molecule has 1 saturated heterocycles. The molecule has 1 heterocycles. The number of hydrogen-bond acceptors (Lipinski definition) is 2. The van der Waals surface area contributed by atoms with Crippen molar-refractivity contribution in [1.82, 2.24) is 4.90 Å². The van der Waals surface area contributed by atoms with Crippen LogP contribution in [-0.2, 0) is 0 Å². The second-order valence-electron chi connectivity index (χ2n) is 4.47. The maximum absolute atomic E-state index is 12.2. The number of likely N-dealkylation sites (tertiary alicyclic amines) is 1. The van der Waals surface area contributed by atoms with Gasteiger partial charge in [0, 0.05) is 23.8 Å². The van der Waals surface area contributed by atoms with Gasteiger partial charge in [-0.25, -0.2) is 0 Å². The van der Waals surface area contributed by atoms with Gasteiger partial charge in [0.2, 0.25) is 0 Å². The molecule has 2 N–H and O–H groups in total. The lowest BCUT2D eigenvalue weighted by Gasteiger charge is -2.33. The number of nitrogens with zero attached hydrogens (tertiary/aromatic N) is 1. The van der Waals surface area contributed by atoms with Crippen molar-refractivity contribution in [1.29, 1.82) is 0 Å². The van der Waals surface area contributed by atoms with Crippen LogP contribution in [0.25, 0.3) is 0 Å². The number of anilines is 1. The van der Waals surface area contributed by atoms with Gasteiger partial charge < -0.3 is 10.6 Å². The van der Waals surface area contributed by atoms with Gasteiger partial charge in [0.15, 0.2) is 0 Å². The Morgan fingerprint density at radius 1 is 1.44 bits per heavy atom. The minimum absolute atomic E-state index is 0.111. The molecular formula is C13H18N2O. The summed E-state index contributed by atoms with van der Waals surface area (Å²) in [7, 11) is 0. The summed E-state index contributed by atoms with van der Waals surface area (Å²) in [4.78, 5) is 14.2. The van der Waals surface area contributed by atoms with E-state index >= 15 is 0 Å². The molecule has 3 nitrogen and oxygen atoms in total. The van der Waals surface area contributed by atoms with Gasteiger partial charge in [0.05, 0.1) is 0 Å². The lowest BCUT2D eigenvalue weighted by atomic mass is 10.0. The summed E-state index contributed by atoms with van der Waals surface area (Å²) in [5, 5.41) is 0. The summed E-state index contributed by atoms with van der Waals surface area (Å²) in [6.45, 7) is 2.98. The minimum Gasteiger partial charge on any atom is -0.399 e. The second-order valence-corrected chi connectivity index (χ2v) is 4.47. The molecule has 3 heteroatoms. The first-order valence-corrected chi connectivity index (χ1v) is 5.85. The topological polar surface area (TPSA) is 46.3 Å². The first kappa shape index (κ1) is 11.0. The van der Waals surface area contributed by atoms with Crippen LogP contribution in [0.1, 0.15) is 36.5 Å². The molecule has 86 valence electrons. The molecule has 0 bridgehead atoms. The SMILES string of the molecule is CC1CCCCN1C(=O)c1cccc(N)c1. The van der Waals surface area contributed by atoms with Crippen LogP contribution in [0.2, 0.25) is 0 Å². The van der Waals surface area contributed by atoms with E-state index in [1.165, 1.54) is 6.42 Å². The van der Waals surface area contributed by atoms with Gasteiger partial charge in [0.1, 0.15) is 0 Å². The van der Waals surface area contributed by atoms with Gasteiger partial charge >= 0.3 is 0 Å². The summed E-state index contributed by atoms with van der Waals surface area (Å²) in [6.07, 6.45) is 3.44. The summed E-state index contributed by atoms with van der Waals surface area (Å²) < 4.78 is 0. The normalized spacial score (nSPS) is 20.8. The standard InChI is InChI=1S/C13H18N2O/c1-10-5-2-3-8-15(10)13(16)11-6-4-7-12(14)9-11/h4,6-7,9-10H,2-3,5,8,14H2,1H3. The van der Waals surface area contributed by atoms with Crippen molar-refractivity contribution in [3.8, 4) is 0 Å². The van der Waals surface area contributed by atoms with Crippen molar-refractivity contribution in [3.63, 3.8) is 0 Å². The van der Waals surface area contributed by atoms with E-state index in [0.29, 0.717) is 17.3 Å². The van der Waals surface area contributed by atoms with Crippen molar-refractivity contribution < 1.29 is 4.79 Å². The van der Waals surface area contributed by atoms with E-state index in [1.807, 2.05) is 17.0 Å². The molecule has 16 heavy (non-hydrogen) atoms. The number of nitrogen functional groups attached to an aromatic ring is 1. The third kappa shape index (κ3) is 2.18. The Balaban J connectivity index is 2.17. The van der Waals surface area contributed by atoms with E-state index in [1.54, 1.807) is 12.1 Å². The predicted molar refractivity (Wildman–Crippen MR) is 65.2 cm³/mol. The first-order valence-electron chi connectivity index (χ1n) is 5.85. The molecule has 1 aliphatic rings. The van der Waals surface area contributed by atoms with Crippen LogP contribution in [0.15, 0.2) is 24.3 Å². The van der Waals surface area contributed by atoms with Gasteiger partial charge in [-0.2, -0.15) is 0 Å². The predicted octanol–water partition coefficient (Wildman–Crippen LogP) is 2.28. The third-order valence-corrected chi connectivity index (χ3v) is 3.20. The number of nitrogens with two attached hydrogens (primary N) is 1. The highest BCUT2D eigenvalue weighted by Gasteiger charge is 2.23. The Morgan fingerprint density at radius 2 is 2.25 bits per heavy atom. The fourth-order valence-electron chi connectivity index (χ4n) is 2.24. The molecule has 1 aromatic rings. The third-order valence-electron chi connectivity index (χ3n) is 3.20. The Hall–Kier alpha value is -1.51. The molecule has 0 saturated carbocycles. The number of benzene rings is 1. The molecule has 1 atom stereocenters. The average molecular weight is 218 g/mol. The van der Waals surface area contributed by atoms with Crippen LogP contribution in [0.3, 0.4) is 0 Å². The second kappa shape index (κ2) is 4.56. The lowest BCUT2D eigenvalue weighted by molar-refractivity contribution is 0.0635. The van der Waals surface area contributed by atoms with E-state index < -0.39 is 0 Å². The Labute approximate surface area is 96.2 Å². The van der Waals surface area contributed by atoms with Crippen LogP contribution in [0.5, 0.6) is 0 Å². The van der Waals surface area contributed by atoms with Gasteiger partial charge in [-0.1, -0.05) is 6.07 Å². The largest absolute Gasteiger partial charge is 0.399 e. The van der Waals surface area contributed by atoms with Crippen molar-refractivity contribution in [3.05, 3.63) is 29.8 Å². The number of hydrogen-bond donors (Lipinski definition) is 1. The van der Waals surface area contributed by atoms with Crippen LogP contribution < -0.4 is 5.73 Å². The Bertz CT molecular complexity index is 389. The molecule has 1 amide bonds. The van der Waals surface area contributed by atoms with E-state index in [4.69, 9.17) is 5.73 Å². The number of carbonyl (C=O) groups excluding carboxylic acids is 1. The van der Waals surface area contributed by atoms with Gasteiger partial charge in [-0.3, -0.25) is 4.79 Å². The molecule has 1 unspecified atom stereocenters.